The number of carbonyl (C=O) groups excluding carboxylic acids is 2. The Bertz CT molecular complexity index is 1260. The van der Waals surface area contributed by atoms with E-state index in [0.29, 0.717) is 40.4 Å². The molecule has 5 heterocycles. The van der Waals surface area contributed by atoms with E-state index < -0.39 is 5.91 Å². The van der Waals surface area contributed by atoms with Crippen LogP contribution < -0.4 is 15.5 Å². The highest BCUT2D eigenvalue weighted by Gasteiger charge is 2.25. The first kappa shape index (κ1) is 23.2. The van der Waals surface area contributed by atoms with Crippen LogP contribution in [-0.2, 0) is 11.3 Å². The molecule has 2 saturated heterocycles. The molecule has 0 radical (unpaired) electrons. The van der Waals surface area contributed by atoms with Crippen LogP contribution in [0.2, 0.25) is 0 Å². The highest BCUT2D eigenvalue weighted by molar-refractivity contribution is 8.18. The first-order valence-corrected chi connectivity index (χ1v) is 12.2. The lowest BCUT2D eigenvalue weighted by Gasteiger charge is -2.32. The van der Waals surface area contributed by atoms with Gasteiger partial charge in [0.25, 0.3) is 11.1 Å². The fourth-order valence-electron chi connectivity index (χ4n) is 4.16. The van der Waals surface area contributed by atoms with Crippen molar-refractivity contribution in [2.24, 2.45) is 5.92 Å². The van der Waals surface area contributed by atoms with Gasteiger partial charge in [0, 0.05) is 38.1 Å². The van der Waals surface area contributed by atoms with Gasteiger partial charge in [0.15, 0.2) is 0 Å². The van der Waals surface area contributed by atoms with Crippen molar-refractivity contribution in [1.82, 2.24) is 30.6 Å². The summed E-state index contributed by atoms with van der Waals surface area (Å²) < 4.78 is 14.0. The number of nitrogens with one attached hydrogen (secondary N) is 3. The molecule has 2 amide bonds. The molecule has 3 N–H and O–H groups in total. The topological polar surface area (TPSA) is 116 Å². The summed E-state index contributed by atoms with van der Waals surface area (Å²) >= 11 is 0.871. The van der Waals surface area contributed by atoms with Crippen molar-refractivity contribution in [2.45, 2.75) is 19.4 Å². The maximum Gasteiger partial charge on any atom is 0.290 e. The van der Waals surface area contributed by atoms with Crippen molar-refractivity contribution in [2.75, 3.05) is 24.5 Å². The van der Waals surface area contributed by atoms with Crippen molar-refractivity contribution >= 4 is 34.9 Å². The Morgan fingerprint density at radius 2 is 2.06 bits per heavy atom. The molecule has 5 rings (SSSR count). The van der Waals surface area contributed by atoms with Crippen molar-refractivity contribution in [3.63, 3.8) is 0 Å². The van der Waals surface area contributed by atoms with Crippen LogP contribution in [0.3, 0.4) is 0 Å². The molecule has 2 fully saturated rings. The highest BCUT2D eigenvalue weighted by atomic mass is 32.2. The molecule has 3 aromatic heterocycles. The van der Waals surface area contributed by atoms with E-state index >= 15 is 0 Å². The van der Waals surface area contributed by atoms with Crippen LogP contribution in [0.5, 0.6) is 0 Å². The molecule has 0 spiro atoms. The molecule has 3 aromatic rings. The van der Waals surface area contributed by atoms with Crippen molar-refractivity contribution in [3.8, 4) is 11.4 Å². The highest BCUT2D eigenvalue weighted by Crippen LogP contribution is 2.26. The number of H-pyrrole nitrogens is 1. The summed E-state index contributed by atoms with van der Waals surface area (Å²) in [4.78, 5) is 42.1. The molecule has 0 bridgehead atoms. The molecular formula is C24H24FN7O2S. The summed E-state index contributed by atoms with van der Waals surface area (Å²) in [6, 6.07) is 8.34. The molecular weight excluding hydrogens is 469 g/mol. The minimum absolute atomic E-state index is 0.300. The number of carbonyl (C=O) groups is 2. The van der Waals surface area contributed by atoms with Gasteiger partial charge in [0.1, 0.15) is 5.82 Å². The van der Waals surface area contributed by atoms with Gasteiger partial charge in [-0.15, -0.1) is 0 Å². The van der Waals surface area contributed by atoms with Crippen LogP contribution in [0, 0.1) is 11.7 Å². The number of imide groups is 1. The maximum atomic E-state index is 14.0. The minimum Gasteiger partial charge on any atom is -0.360 e. The number of nitrogens with zero attached hydrogens (tertiary/aromatic N) is 4. The second kappa shape index (κ2) is 10.4. The van der Waals surface area contributed by atoms with E-state index in [1.165, 1.54) is 12.1 Å². The average Bonchev–Trinajstić information content (AvgIpc) is 3.49. The van der Waals surface area contributed by atoms with E-state index in [4.69, 9.17) is 0 Å². The van der Waals surface area contributed by atoms with Crippen molar-refractivity contribution in [1.29, 1.82) is 0 Å². The average molecular weight is 494 g/mol. The molecule has 2 aliphatic heterocycles. The zero-order chi connectivity index (χ0) is 24.2. The number of hydrogen-bond donors (Lipinski definition) is 3. The lowest BCUT2D eigenvalue weighted by molar-refractivity contribution is -0.115. The molecule has 180 valence electrons. The fourth-order valence-corrected chi connectivity index (χ4v) is 4.83. The van der Waals surface area contributed by atoms with Crippen molar-refractivity contribution < 1.29 is 14.0 Å². The first-order valence-electron chi connectivity index (χ1n) is 11.4. The number of anilines is 1. The minimum atomic E-state index is -0.401. The Hall–Kier alpha value is -3.57. The number of pyridine rings is 1. The van der Waals surface area contributed by atoms with Crippen LogP contribution in [0.25, 0.3) is 17.5 Å². The zero-order valence-corrected chi connectivity index (χ0v) is 19.6. The zero-order valence-electron chi connectivity index (χ0n) is 18.8. The lowest BCUT2D eigenvalue weighted by atomic mass is 9.97. The van der Waals surface area contributed by atoms with Crippen LogP contribution in [0.1, 0.15) is 24.2 Å². The maximum absolute atomic E-state index is 14.0. The van der Waals surface area contributed by atoms with E-state index in [9.17, 15) is 14.0 Å². The molecule has 9 nitrogen and oxygen atoms in total. The van der Waals surface area contributed by atoms with Crippen molar-refractivity contribution in [3.05, 3.63) is 64.8 Å². The fraction of sp³-hybridized carbons (Fsp3) is 0.292. The number of halogens is 1. The molecule has 35 heavy (non-hydrogen) atoms. The molecule has 0 atom stereocenters. The van der Waals surface area contributed by atoms with Gasteiger partial charge in [-0.25, -0.2) is 19.3 Å². The summed E-state index contributed by atoms with van der Waals surface area (Å²) in [6.07, 6.45) is 7.00. The largest absolute Gasteiger partial charge is 0.360 e. The molecule has 11 heteroatoms. The summed E-state index contributed by atoms with van der Waals surface area (Å²) in [5.41, 5.74) is 2.64. The monoisotopic (exact) mass is 493 g/mol. The molecule has 0 aromatic carbocycles. The number of hydrogen-bond acceptors (Lipinski definition) is 8. The summed E-state index contributed by atoms with van der Waals surface area (Å²) in [5, 5.41) is 5.29. The smallest absolute Gasteiger partial charge is 0.290 e. The van der Waals surface area contributed by atoms with E-state index in [1.54, 1.807) is 24.5 Å². The van der Waals surface area contributed by atoms with Crippen LogP contribution in [0.4, 0.5) is 15.1 Å². The number of aromatic amines is 1. The molecule has 2 aliphatic rings. The second-order valence-corrected chi connectivity index (χ2v) is 9.46. The van der Waals surface area contributed by atoms with Gasteiger partial charge in [-0.3, -0.25) is 14.9 Å². The van der Waals surface area contributed by atoms with E-state index in [2.05, 4.69) is 35.5 Å². The van der Waals surface area contributed by atoms with Gasteiger partial charge in [0.05, 0.1) is 27.7 Å². The third kappa shape index (κ3) is 5.75. The van der Waals surface area contributed by atoms with Crippen LogP contribution in [0.15, 0.2) is 47.6 Å². The normalized spacial score (nSPS) is 17.9. The number of piperidine rings is 1. The Morgan fingerprint density at radius 1 is 1.20 bits per heavy atom. The van der Waals surface area contributed by atoms with Gasteiger partial charge in [-0.05, 0) is 67.4 Å². The van der Waals surface area contributed by atoms with Gasteiger partial charge < -0.3 is 15.2 Å². The standard InChI is InChI=1S/C24H24FN7O2S/c25-16-10-18(29-20(11-16)19-2-1-6-27-19)14-26-13-15-4-8-32(9-5-15)23-28-7-3-17(30-23)12-21-22(33)31-24(34)35-21/h1-3,6-7,10-12,15,26-27H,4-5,8-9,13-14H2,(H,31,33,34). The first-order chi connectivity index (χ1) is 17.0. The van der Waals surface area contributed by atoms with E-state index in [1.807, 2.05) is 12.1 Å². The van der Waals surface area contributed by atoms with Crippen LogP contribution >= 0.6 is 11.8 Å². The van der Waals surface area contributed by atoms with Gasteiger partial charge >= 0.3 is 0 Å². The predicted octanol–water partition coefficient (Wildman–Crippen LogP) is 3.34. The quantitative estimate of drug-likeness (QED) is 0.429. The third-order valence-corrected chi connectivity index (χ3v) is 6.75. The molecule has 0 saturated carbocycles. The lowest BCUT2D eigenvalue weighted by Crippen LogP contribution is -2.38. The number of aromatic nitrogens is 4. The predicted molar refractivity (Wildman–Crippen MR) is 132 cm³/mol. The number of thioether (sulfide) groups is 1. The van der Waals surface area contributed by atoms with E-state index in [-0.39, 0.29) is 11.1 Å². The van der Waals surface area contributed by atoms with Gasteiger partial charge in [-0.1, -0.05) is 0 Å². The molecule has 0 unspecified atom stereocenters. The Morgan fingerprint density at radius 3 is 2.80 bits per heavy atom. The number of amides is 2. The van der Waals surface area contributed by atoms with Crippen LogP contribution in [-0.4, -0.2) is 50.7 Å². The Kier molecular flexibility index (Phi) is 6.87. The summed E-state index contributed by atoms with van der Waals surface area (Å²) in [6.45, 7) is 2.95. The Balaban J connectivity index is 1.12. The molecule has 0 aliphatic carbocycles. The Labute approximate surface area is 205 Å². The second-order valence-electron chi connectivity index (χ2n) is 8.44. The van der Waals surface area contributed by atoms with Gasteiger partial charge in [-0.2, -0.15) is 0 Å². The SMILES string of the molecule is O=C1NC(=O)C(=Cc2ccnc(N3CCC(CNCc4cc(F)cc(-c5ccc[nH]5)n4)CC3)n2)S1. The summed E-state index contributed by atoms with van der Waals surface area (Å²) in [5.74, 6) is 0.396. The van der Waals surface area contributed by atoms with E-state index in [0.717, 1.165) is 49.9 Å². The number of rotatable bonds is 7. The third-order valence-electron chi connectivity index (χ3n) is 5.94. The van der Waals surface area contributed by atoms with Gasteiger partial charge in [0.2, 0.25) is 5.95 Å². The summed E-state index contributed by atoms with van der Waals surface area (Å²) in [7, 11) is 0.